The van der Waals surface area contributed by atoms with Crippen LogP contribution in [-0.2, 0) is 9.59 Å². The zero-order valence-electron chi connectivity index (χ0n) is 15.6. The highest BCUT2D eigenvalue weighted by Gasteiger charge is 2.24. The topological polar surface area (TPSA) is 71.9 Å². The molecule has 0 aliphatic rings. The first-order valence-electron chi connectivity index (χ1n) is 8.53. The number of carbonyl (C=O) groups excluding carboxylic acids is 2. The summed E-state index contributed by atoms with van der Waals surface area (Å²) in [4.78, 5) is 25.4. The fourth-order valence-electron chi connectivity index (χ4n) is 2.42. The normalized spacial score (nSPS) is 12.8. The minimum atomic E-state index is -0.384. The Kier molecular flexibility index (Phi) is 6.74. The maximum atomic E-state index is 12.4. The molecule has 138 valence electrons. The van der Waals surface area contributed by atoms with E-state index in [1.54, 1.807) is 26.2 Å². The van der Waals surface area contributed by atoms with Gasteiger partial charge in [0.2, 0.25) is 0 Å². The lowest BCUT2D eigenvalue weighted by molar-refractivity contribution is -0.885. The van der Waals surface area contributed by atoms with E-state index < -0.39 is 0 Å². The molecule has 3 N–H and O–H groups in total. The summed E-state index contributed by atoms with van der Waals surface area (Å²) in [5.74, 6) is 0.389. The van der Waals surface area contributed by atoms with Crippen molar-refractivity contribution in [2.45, 2.75) is 19.9 Å². The van der Waals surface area contributed by atoms with Crippen molar-refractivity contribution in [3.63, 3.8) is 0 Å². The van der Waals surface area contributed by atoms with Crippen molar-refractivity contribution < 1.29 is 19.2 Å². The quantitative estimate of drug-likeness (QED) is 0.704. The summed E-state index contributed by atoms with van der Waals surface area (Å²) < 4.78 is 5.15. The molecule has 2 rings (SSSR count). The third-order valence-corrected chi connectivity index (χ3v) is 4.24. The average molecular weight is 356 g/mol. The van der Waals surface area contributed by atoms with E-state index in [4.69, 9.17) is 4.74 Å². The Morgan fingerprint density at radius 1 is 1.08 bits per heavy atom. The summed E-state index contributed by atoms with van der Waals surface area (Å²) in [5, 5.41) is 5.71. The Labute approximate surface area is 154 Å². The van der Waals surface area contributed by atoms with Crippen molar-refractivity contribution in [2.24, 2.45) is 0 Å². The van der Waals surface area contributed by atoms with Gasteiger partial charge in [0.05, 0.1) is 14.2 Å². The maximum absolute atomic E-state index is 12.4. The van der Waals surface area contributed by atoms with Crippen LogP contribution >= 0.6 is 0 Å². The summed E-state index contributed by atoms with van der Waals surface area (Å²) in [6.07, 6.45) is 0. The number of hydrogen-bond acceptors (Lipinski definition) is 3. The third kappa shape index (κ3) is 5.60. The molecule has 26 heavy (non-hydrogen) atoms. The Bertz CT molecular complexity index is 759. The summed E-state index contributed by atoms with van der Waals surface area (Å²) in [6.45, 7) is 3.98. The van der Waals surface area contributed by atoms with Gasteiger partial charge in [-0.2, -0.15) is 0 Å². The van der Waals surface area contributed by atoms with Crippen LogP contribution in [0.25, 0.3) is 0 Å². The van der Waals surface area contributed by atoms with Gasteiger partial charge in [0.15, 0.2) is 12.6 Å². The molecule has 6 nitrogen and oxygen atoms in total. The van der Waals surface area contributed by atoms with Gasteiger partial charge >= 0.3 is 0 Å². The second kappa shape index (κ2) is 9.01. The molecule has 2 aromatic rings. The number of carbonyl (C=O) groups is 2. The fraction of sp³-hybridized carbons (Fsp3) is 0.300. The minimum Gasteiger partial charge on any atom is -0.497 e. The van der Waals surface area contributed by atoms with Crippen molar-refractivity contribution in [3.8, 4) is 5.75 Å². The summed E-state index contributed by atoms with van der Waals surface area (Å²) in [7, 11) is 3.40. The zero-order chi connectivity index (χ0) is 19.1. The van der Waals surface area contributed by atoms with E-state index in [1.165, 1.54) is 0 Å². The van der Waals surface area contributed by atoms with Gasteiger partial charge in [0, 0.05) is 17.4 Å². The Morgan fingerprint density at radius 3 is 2.42 bits per heavy atom. The summed E-state index contributed by atoms with van der Waals surface area (Å²) in [5.41, 5.74) is 2.55. The van der Waals surface area contributed by atoms with Gasteiger partial charge in [-0.05, 0) is 38.1 Å². The third-order valence-electron chi connectivity index (χ3n) is 4.24. The molecule has 2 amide bonds. The van der Waals surface area contributed by atoms with Gasteiger partial charge in [-0.25, -0.2) is 0 Å². The SMILES string of the molecule is COc1cccc(NC(=O)[C@@H](C)[NH+](C)CC(=O)Nc2ccc(C)cc2)c1. The number of quaternary nitrogens is 1. The minimum absolute atomic E-state index is 0.132. The molecule has 0 heterocycles. The predicted molar refractivity (Wildman–Crippen MR) is 103 cm³/mol. The van der Waals surface area contributed by atoms with E-state index in [1.807, 2.05) is 50.4 Å². The molecule has 0 saturated carbocycles. The van der Waals surface area contributed by atoms with E-state index in [-0.39, 0.29) is 24.4 Å². The van der Waals surface area contributed by atoms with Crippen LogP contribution in [0.4, 0.5) is 11.4 Å². The largest absolute Gasteiger partial charge is 0.497 e. The molecule has 0 bridgehead atoms. The molecule has 0 fully saturated rings. The number of likely N-dealkylation sites (N-methyl/N-ethyl adjacent to an activating group) is 1. The van der Waals surface area contributed by atoms with Crippen molar-refractivity contribution in [2.75, 3.05) is 31.3 Å². The number of hydrogen-bond donors (Lipinski definition) is 3. The van der Waals surface area contributed by atoms with Gasteiger partial charge in [0.1, 0.15) is 5.75 Å². The lowest BCUT2D eigenvalue weighted by Gasteiger charge is -2.20. The van der Waals surface area contributed by atoms with Crippen molar-refractivity contribution >= 4 is 23.2 Å². The Hall–Kier alpha value is -2.86. The highest BCUT2D eigenvalue weighted by Crippen LogP contribution is 2.16. The van der Waals surface area contributed by atoms with Crippen LogP contribution in [-0.4, -0.2) is 38.6 Å². The van der Waals surface area contributed by atoms with Crippen LogP contribution in [0.2, 0.25) is 0 Å². The Balaban J connectivity index is 1.88. The van der Waals surface area contributed by atoms with Gasteiger partial charge in [0.25, 0.3) is 11.8 Å². The molecular formula is C20H26N3O3+. The van der Waals surface area contributed by atoms with Gasteiger partial charge in [-0.3, -0.25) is 9.59 Å². The average Bonchev–Trinajstić information content (AvgIpc) is 2.63. The maximum Gasteiger partial charge on any atom is 0.282 e. The van der Waals surface area contributed by atoms with Crippen LogP contribution in [0.1, 0.15) is 12.5 Å². The second-order valence-corrected chi connectivity index (χ2v) is 6.38. The molecule has 2 atom stereocenters. The predicted octanol–water partition coefficient (Wildman–Crippen LogP) is 1.48. The molecule has 0 radical (unpaired) electrons. The standard InChI is InChI=1S/C20H25N3O3/c1-14-8-10-16(11-9-14)21-19(24)13-23(3)15(2)20(25)22-17-6-5-7-18(12-17)26-4/h5-12,15H,13H2,1-4H3,(H,21,24)(H,22,25)/p+1/t15-/m1/s1. The zero-order valence-corrected chi connectivity index (χ0v) is 15.6. The number of amides is 2. The molecular weight excluding hydrogens is 330 g/mol. The number of benzene rings is 2. The molecule has 6 heteroatoms. The van der Waals surface area contributed by atoms with Crippen molar-refractivity contribution in [3.05, 3.63) is 54.1 Å². The lowest BCUT2D eigenvalue weighted by atomic mass is 10.2. The van der Waals surface area contributed by atoms with Crippen LogP contribution in [0.3, 0.4) is 0 Å². The molecule has 0 aliphatic heterocycles. The summed E-state index contributed by atoms with van der Waals surface area (Å²) in [6, 6.07) is 14.4. The number of methoxy groups -OCH3 is 1. The van der Waals surface area contributed by atoms with Gasteiger partial charge in [-0.1, -0.05) is 23.8 Å². The fourth-order valence-corrected chi connectivity index (χ4v) is 2.42. The number of ether oxygens (including phenoxy) is 1. The number of aryl methyl sites for hydroxylation is 1. The number of rotatable bonds is 7. The van der Waals surface area contributed by atoms with E-state index >= 15 is 0 Å². The van der Waals surface area contributed by atoms with E-state index in [9.17, 15) is 9.59 Å². The van der Waals surface area contributed by atoms with E-state index in [2.05, 4.69) is 10.6 Å². The second-order valence-electron chi connectivity index (χ2n) is 6.38. The first-order chi connectivity index (χ1) is 12.4. The van der Waals surface area contributed by atoms with Crippen LogP contribution in [0, 0.1) is 6.92 Å². The first kappa shape index (κ1) is 19.5. The highest BCUT2D eigenvalue weighted by atomic mass is 16.5. The van der Waals surface area contributed by atoms with E-state index in [0.717, 1.165) is 16.2 Å². The molecule has 0 saturated heterocycles. The van der Waals surface area contributed by atoms with Crippen LogP contribution in [0.15, 0.2) is 48.5 Å². The van der Waals surface area contributed by atoms with Crippen LogP contribution in [0.5, 0.6) is 5.75 Å². The Morgan fingerprint density at radius 2 is 1.77 bits per heavy atom. The highest BCUT2D eigenvalue weighted by molar-refractivity contribution is 5.94. The van der Waals surface area contributed by atoms with Crippen molar-refractivity contribution in [1.29, 1.82) is 0 Å². The van der Waals surface area contributed by atoms with E-state index in [0.29, 0.717) is 11.4 Å². The number of nitrogens with one attached hydrogen (secondary N) is 3. The van der Waals surface area contributed by atoms with Gasteiger partial charge < -0.3 is 20.3 Å². The molecule has 0 spiro atoms. The summed E-state index contributed by atoms with van der Waals surface area (Å²) >= 11 is 0. The number of anilines is 2. The molecule has 0 aliphatic carbocycles. The molecule has 1 unspecified atom stereocenters. The van der Waals surface area contributed by atoms with Crippen LogP contribution < -0.4 is 20.3 Å². The molecule has 2 aromatic carbocycles. The lowest BCUT2D eigenvalue weighted by Crippen LogP contribution is -3.14. The smallest absolute Gasteiger partial charge is 0.282 e. The molecule has 0 aromatic heterocycles. The van der Waals surface area contributed by atoms with Crippen molar-refractivity contribution in [1.82, 2.24) is 0 Å². The van der Waals surface area contributed by atoms with Gasteiger partial charge in [-0.15, -0.1) is 0 Å². The monoisotopic (exact) mass is 356 g/mol. The first-order valence-corrected chi connectivity index (χ1v) is 8.53.